The Morgan fingerprint density at radius 2 is 2.00 bits per heavy atom. The van der Waals surface area contributed by atoms with Crippen LogP contribution in [0.15, 0.2) is 36.5 Å². The minimum atomic E-state index is 0. The van der Waals surface area contributed by atoms with E-state index in [2.05, 4.69) is 72.5 Å². The van der Waals surface area contributed by atoms with Gasteiger partial charge in [-0.25, -0.2) is 4.57 Å². The third-order valence-electron chi connectivity index (χ3n) is 2.88. The molecule has 4 heteroatoms. The highest BCUT2D eigenvalue weighted by Crippen LogP contribution is 2.15. The summed E-state index contributed by atoms with van der Waals surface area (Å²) < 4.78 is 2.15. The molecule has 0 amide bonds. The van der Waals surface area contributed by atoms with Crippen LogP contribution in [-0.4, -0.2) is 32.1 Å². The van der Waals surface area contributed by atoms with E-state index >= 15 is 0 Å². The van der Waals surface area contributed by atoms with E-state index in [1.807, 2.05) is 0 Å². The highest BCUT2D eigenvalue weighted by molar-refractivity contribution is 5.79. The number of halogens is 1. The van der Waals surface area contributed by atoms with Crippen LogP contribution in [0, 0.1) is 0 Å². The molecular formula is C14H20IN3. The van der Waals surface area contributed by atoms with Crippen LogP contribution in [0.5, 0.6) is 0 Å². The first kappa shape index (κ1) is 15.2. The van der Waals surface area contributed by atoms with E-state index in [9.17, 15) is 0 Å². The van der Waals surface area contributed by atoms with Gasteiger partial charge in [0, 0.05) is 36.3 Å². The third kappa shape index (κ3) is 3.81. The molecular weight excluding hydrogens is 337 g/mol. The van der Waals surface area contributed by atoms with Gasteiger partial charge in [0.05, 0.1) is 0 Å². The van der Waals surface area contributed by atoms with Gasteiger partial charge in [0.1, 0.15) is 7.05 Å². The fourth-order valence-corrected chi connectivity index (χ4v) is 1.88. The van der Waals surface area contributed by atoms with Crippen molar-refractivity contribution in [2.24, 2.45) is 7.05 Å². The first-order chi connectivity index (χ1) is 8.16. The number of fused-ring (bicyclic) bond motifs is 1. The van der Waals surface area contributed by atoms with Crippen LogP contribution in [0.4, 0.5) is 5.69 Å². The van der Waals surface area contributed by atoms with Gasteiger partial charge in [0.15, 0.2) is 6.20 Å². The van der Waals surface area contributed by atoms with Gasteiger partial charge < -0.3 is 34.2 Å². The molecule has 1 N–H and O–H groups in total. The van der Waals surface area contributed by atoms with Crippen molar-refractivity contribution in [2.45, 2.75) is 0 Å². The second kappa shape index (κ2) is 6.89. The van der Waals surface area contributed by atoms with Gasteiger partial charge in [0.25, 0.3) is 0 Å². The lowest BCUT2D eigenvalue weighted by molar-refractivity contribution is -0.644. The van der Waals surface area contributed by atoms with E-state index in [0.29, 0.717) is 0 Å². The van der Waals surface area contributed by atoms with Crippen LogP contribution in [0.3, 0.4) is 0 Å². The summed E-state index contributed by atoms with van der Waals surface area (Å²) in [6, 6.07) is 10.7. The Labute approximate surface area is 126 Å². The summed E-state index contributed by atoms with van der Waals surface area (Å²) in [5, 5.41) is 4.71. The summed E-state index contributed by atoms with van der Waals surface area (Å²) in [6.45, 7) is 2.01. The first-order valence-corrected chi connectivity index (χ1v) is 5.94. The molecule has 0 bridgehead atoms. The summed E-state index contributed by atoms with van der Waals surface area (Å²) in [4.78, 5) is 2.17. The maximum atomic E-state index is 3.44. The minimum absolute atomic E-state index is 0. The molecule has 2 rings (SSSR count). The predicted molar refractivity (Wildman–Crippen MR) is 72.2 cm³/mol. The molecule has 2 aromatic rings. The number of rotatable bonds is 4. The second-order valence-electron chi connectivity index (χ2n) is 4.62. The number of nitrogens with one attached hydrogen (secondary N) is 1. The topological polar surface area (TPSA) is 19.1 Å². The van der Waals surface area contributed by atoms with Crippen LogP contribution >= 0.6 is 0 Å². The van der Waals surface area contributed by atoms with Crippen LogP contribution < -0.4 is 33.9 Å². The summed E-state index contributed by atoms with van der Waals surface area (Å²) in [5.41, 5.74) is 2.43. The van der Waals surface area contributed by atoms with Crippen LogP contribution in [0.25, 0.3) is 10.9 Å². The largest absolute Gasteiger partial charge is 1.00 e. The van der Waals surface area contributed by atoms with Crippen molar-refractivity contribution in [3.8, 4) is 0 Å². The zero-order valence-electron chi connectivity index (χ0n) is 11.2. The van der Waals surface area contributed by atoms with Gasteiger partial charge >= 0.3 is 0 Å². The molecule has 1 aromatic carbocycles. The van der Waals surface area contributed by atoms with E-state index in [4.69, 9.17) is 0 Å². The lowest BCUT2D eigenvalue weighted by Crippen LogP contribution is -3.00. The normalized spacial score (nSPS) is 10.4. The molecule has 0 aliphatic heterocycles. The Balaban J connectivity index is 0.00000162. The quantitative estimate of drug-likeness (QED) is 0.539. The number of pyridine rings is 1. The molecule has 18 heavy (non-hydrogen) atoms. The SMILES string of the molecule is CN(C)CCNc1ccc2ccc[n+](C)c2c1.[I-]. The molecule has 0 radical (unpaired) electrons. The van der Waals surface area contributed by atoms with Crippen LogP contribution in [0.2, 0.25) is 0 Å². The molecule has 98 valence electrons. The average Bonchev–Trinajstić information content (AvgIpc) is 2.30. The molecule has 1 aromatic heterocycles. The van der Waals surface area contributed by atoms with Crippen LogP contribution in [0.1, 0.15) is 0 Å². The van der Waals surface area contributed by atoms with Gasteiger partial charge in [-0.05, 0) is 32.3 Å². The lowest BCUT2D eigenvalue weighted by atomic mass is 10.2. The summed E-state index contributed by atoms with van der Waals surface area (Å²) in [7, 11) is 6.25. The van der Waals surface area contributed by atoms with E-state index in [1.54, 1.807) is 0 Å². The smallest absolute Gasteiger partial charge is 0.214 e. The van der Waals surface area contributed by atoms with Gasteiger partial charge in [-0.15, -0.1) is 0 Å². The Morgan fingerprint density at radius 3 is 2.72 bits per heavy atom. The molecule has 0 atom stereocenters. The van der Waals surface area contributed by atoms with E-state index in [0.717, 1.165) is 13.1 Å². The monoisotopic (exact) mass is 357 g/mol. The van der Waals surface area contributed by atoms with Crippen molar-refractivity contribution >= 4 is 16.6 Å². The van der Waals surface area contributed by atoms with Gasteiger partial charge in [-0.3, -0.25) is 0 Å². The Bertz CT molecular complexity index is 511. The minimum Gasteiger partial charge on any atom is -1.00 e. The van der Waals surface area contributed by atoms with Crippen molar-refractivity contribution in [3.05, 3.63) is 36.5 Å². The van der Waals surface area contributed by atoms with Gasteiger partial charge in [-0.2, -0.15) is 0 Å². The number of aryl methyl sites for hydroxylation is 1. The zero-order valence-corrected chi connectivity index (χ0v) is 13.3. The summed E-state index contributed by atoms with van der Waals surface area (Å²) in [6.07, 6.45) is 2.08. The molecule has 0 spiro atoms. The lowest BCUT2D eigenvalue weighted by Gasteiger charge is -2.11. The average molecular weight is 357 g/mol. The highest BCUT2D eigenvalue weighted by atomic mass is 127. The molecule has 0 fully saturated rings. The number of hydrogen-bond acceptors (Lipinski definition) is 2. The van der Waals surface area contributed by atoms with Gasteiger partial charge in [-0.1, -0.05) is 0 Å². The number of hydrogen-bond donors (Lipinski definition) is 1. The zero-order chi connectivity index (χ0) is 12.3. The molecule has 0 saturated carbocycles. The molecule has 0 aliphatic rings. The maximum absolute atomic E-state index is 3.44. The first-order valence-electron chi connectivity index (χ1n) is 5.94. The number of aromatic nitrogens is 1. The second-order valence-corrected chi connectivity index (χ2v) is 4.62. The fraction of sp³-hybridized carbons (Fsp3) is 0.357. The van der Waals surface area contributed by atoms with E-state index in [-0.39, 0.29) is 24.0 Å². The molecule has 3 nitrogen and oxygen atoms in total. The van der Waals surface area contributed by atoms with Crippen molar-refractivity contribution in [2.75, 3.05) is 32.5 Å². The number of likely N-dealkylation sites (N-methyl/N-ethyl adjacent to an activating group) is 1. The van der Waals surface area contributed by atoms with Crippen molar-refractivity contribution in [3.63, 3.8) is 0 Å². The standard InChI is InChI=1S/C14H19N3.HI/c1-16(2)10-8-15-13-7-6-12-5-4-9-17(3)14(12)11-13;/h4-7,9,11H,8,10H2,1-3H3;1H. The third-order valence-corrected chi connectivity index (χ3v) is 2.88. The Kier molecular flexibility index (Phi) is 5.81. The molecule has 0 aliphatic carbocycles. The Morgan fingerprint density at radius 1 is 1.22 bits per heavy atom. The van der Waals surface area contributed by atoms with E-state index < -0.39 is 0 Å². The number of benzene rings is 1. The van der Waals surface area contributed by atoms with Crippen LogP contribution in [-0.2, 0) is 7.05 Å². The molecule has 0 saturated heterocycles. The van der Waals surface area contributed by atoms with E-state index in [1.165, 1.54) is 16.6 Å². The number of anilines is 1. The molecule has 1 heterocycles. The summed E-state index contributed by atoms with van der Waals surface area (Å²) >= 11 is 0. The predicted octanol–water partition coefficient (Wildman–Crippen LogP) is -1.36. The van der Waals surface area contributed by atoms with Crippen molar-refractivity contribution < 1.29 is 28.5 Å². The van der Waals surface area contributed by atoms with Gasteiger partial charge in [0.2, 0.25) is 5.52 Å². The van der Waals surface area contributed by atoms with Crippen molar-refractivity contribution in [1.82, 2.24) is 4.90 Å². The highest BCUT2D eigenvalue weighted by Gasteiger charge is 2.04. The Hall–Kier alpha value is -0.880. The summed E-state index contributed by atoms with van der Waals surface area (Å²) in [5.74, 6) is 0. The maximum Gasteiger partial charge on any atom is 0.214 e. The molecule has 0 unspecified atom stereocenters. The number of nitrogens with zero attached hydrogens (tertiary/aromatic N) is 2. The fourth-order valence-electron chi connectivity index (χ4n) is 1.88. The van der Waals surface area contributed by atoms with Crippen molar-refractivity contribution in [1.29, 1.82) is 0 Å².